The van der Waals surface area contributed by atoms with Gasteiger partial charge < -0.3 is 14.8 Å². The van der Waals surface area contributed by atoms with Gasteiger partial charge in [0.05, 0.1) is 52.4 Å². The number of pyridine rings is 2. The number of imidazole rings is 1. The molecule has 0 fully saturated rings. The third-order valence-corrected chi connectivity index (χ3v) is 6.46. The van der Waals surface area contributed by atoms with E-state index in [1.165, 1.54) is 0 Å². The Labute approximate surface area is 194 Å². The highest BCUT2D eigenvalue weighted by Crippen LogP contribution is 2.35. The number of halogens is 1. The van der Waals surface area contributed by atoms with E-state index < -0.39 is 6.04 Å². The van der Waals surface area contributed by atoms with Crippen LogP contribution in [0.25, 0.3) is 11.0 Å². The largest absolute Gasteiger partial charge is 0.376 e. The molecule has 166 valence electrons. The summed E-state index contributed by atoms with van der Waals surface area (Å²) in [6.07, 6.45) is 5.91. The summed E-state index contributed by atoms with van der Waals surface area (Å²) in [4.78, 5) is 25.4. The molecule has 0 aromatic carbocycles. The monoisotopic (exact) mass is 460 g/mol. The molecule has 33 heavy (non-hydrogen) atoms. The minimum Gasteiger partial charge on any atom is -0.376 e. The van der Waals surface area contributed by atoms with Gasteiger partial charge in [0.2, 0.25) is 0 Å². The van der Waals surface area contributed by atoms with Crippen LogP contribution in [0.1, 0.15) is 33.5 Å². The SMILES string of the molecule is CN(C)c1ccc2c(C(=O)N3CCc4[nH]cnc4[C@H]3c3cc4cccc(Cl)n4n3)cnn2c1. The fourth-order valence-electron chi connectivity index (χ4n) is 4.49. The molecule has 0 saturated carbocycles. The Bertz CT molecular complexity index is 1510. The first kappa shape index (κ1) is 19.8. The Kier molecular flexibility index (Phi) is 4.41. The molecule has 6 heterocycles. The number of amides is 1. The number of nitrogens with one attached hydrogen (secondary N) is 1. The van der Waals surface area contributed by atoms with Crippen molar-refractivity contribution in [3.05, 3.63) is 82.9 Å². The average molecular weight is 461 g/mol. The molecule has 0 saturated heterocycles. The van der Waals surface area contributed by atoms with E-state index in [0.29, 0.717) is 23.7 Å². The van der Waals surface area contributed by atoms with E-state index in [-0.39, 0.29) is 5.91 Å². The van der Waals surface area contributed by atoms with Crippen molar-refractivity contribution < 1.29 is 4.79 Å². The highest BCUT2D eigenvalue weighted by atomic mass is 35.5. The van der Waals surface area contributed by atoms with Crippen molar-refractivity contribution >= 4 is 34.2 Å². The third-order valence-electron chi connectivity index (χ3n) is 6.17. The minimum atomic E-state index is -0.431. The van der Waals surface area contributed by atoms with Crippen LogP contribution < -0.4 is 4.90 Å². The molecule has 1 amide bonds. The highest BCUT2D eigenvalue weighted by Gasteiger charge is 2.37. The van der Waals surface area contributed by atoms with Crippen molar-refractivity contribution in [3.63, 3.8) is 0 Å². The van der Waals surface area contributed by atoms with Crippen molar-refractivity contribution in [2.24, 2.45) is 0 Å². The average Bonchev–Trinajstić information content (AvgIpc) is 3.55. The van der Waals surface area contributed by atoms with Gasteiger partial charge in [0.25, 0.3) is 5.91 Å². The summed E-state index contributed by atoms with van der Waals surface area (Å²) < 4.78 is 3.42. The zero-order valence-electron chi connectivity index (χ0n) is 18.1. The maximum absolute atomic E-state index is 13.9. The van der Waals surface area contributed by atoms with Gasteiger partial charge in [-0.1, -0.05) is 17.7 Å². The Morgan fingerprint density at radius 1 is 1.24 bits per heavy atom. The zero-order valence-corrected chi connectivity index (χ0v) is 18.9. The smallest absolute Gasteiger partial charge is 0.258 e. The molecular formula is C23H21ClN8O. The molecular weight excluding hydrogens is 440 g/mol. The van der Waals surface area contributed by atoms with E-state index in [1.54, 1.807) is 27.6 Å². The van der Waals surface area contributed by atoms with Crippen molar-refractivity contribution in [3.8, 4) is 0 Å². The molecule has 0 radical (unpaired) electrons. The lowest BCUT2D eigenvalue weighted by molar-refractivity contribution is 0.0689. The van der Waals surface area contributed by atoms with Crippen molar-refractivity contribution in [1.29, 1.82) is 0 Å². The van der Waals surface area contributed by atoms with Crippen LogP contribution in [0.3, 0.4) is 0 Å². The summed E-state index contributed by atoms with van der Waals surface area (Å²) in [5.41, 5.74) is 5.71. The summed E-state index contributed by atoms with van der Waals surface area (Å²) >= 11 is 6.35. The normalized spacial score (nSPS) is 15.8. The standard InChI is InChI=1S/C23H21ClN8O/c1-29(2)15-6-7-19-16(11-27-31(19)12-15)23(33)30-9-8-17-21(26-13-25-17)22(30)18-10-14-4-3-5-20(24)32(14)28-18/h3-7,10-13,22H,8-9H2,1-2H3,(H,25,26)/t22-/m1/s1. The Morgan fingerprint density at radius 3 is 2.94 bits per heavy atom. The molecule has 0 spiro atoms. The molecule has 0 bridgehead atoms. The molecule has 1 N–H and O–H groups in total. The van der Waals surface area contributed by atoms with Gasteiger partial charge in [-0.25, -0.2) is 14.0 Å². The Balaban J connectivity index is 1.46. The number of H-pyrrole nitrogens is 1. The number of carbonyl (C=O) groups excluding carboxylic acids is 1. The topological polar surface area (TPSA) is 86.8 Å². The number of anilines is 1. The molecule has 1 aliphatic rings. The van der Waals surface area contributed by atoms with Gasteiger partial charge in [-0.15, -0.1) is 0 Å². The van der Waals surface area contributed by atoms with E-state index in [9.17, 15) is 4.79 Å². The molecule has 5 aromatic heterocycles. The number of carbonyl (C=O) groups is 1. The van der Waals surface area contributed by atoms with Crippen LogP contribution >= 0.6 is 11.6 Å². The highest BCUT2D eigenvalue weighted by molar-refractivity contribution is 6.29. The lowest BCUT2D eigenvalue weighted by Gasteiger charge is -2.33. The number of nitrogens with zero attached hydrogens (tertiary/aromatic N) is 7. The fourth-order valence-corrected chi connectivity index (χ4v) is 4.70. The van der Waals surface area contributed by atoms with Gasteiger partial charge in [0.1, 0.15) is 11.2 Å². The van der Waals surface area contributed by atoms with Gasteiger partial charge in [-0.3, -0.25) is 4.79 Å². The van der Waals surface area contributed by atoms with E-state index in [4.69, 9.17) is 16.7 Å². The Morgan fingerprint density at radius 2 is 2.12 bits per heavy atom. The first-order valence-electron chi connectivity index (χ1n) is 10.6. The van der Waals surface area contributed by atoms with Crippen LogP contribution in [-0.2, 0) is 6.42 Å². The van der Waals surface area contributed by atoms with Crippen molar-refractivity contribution in [2.75, 3.05) is 25.5 Å². The van der Waals surface area contributed by atoms with Crippen LogP contribution in [0.15, 0.2) is 55.1 Å². The lowest BCUT2D eigenvalue weighted by Crippen LogP contribution is -2.41. The quantitative estimate of drug-likeness (QED) is 0.418. The van der Waals surface area contributed by atoms with Crippen molar-refractivity contribution in [2.45, 2.75) is 12.5 Å². The minimum absolute atomic E-state index is 0.107. The van der Waals surface area contributed by atoms with Crippen molar-refractivity contribution in [1.82, 2.24) is 34.1 Å². The second-order valence-corrected chi connectivity index (χ2v) is 8.73. The first-order chi connectivity index (χ1) is 16.0. The van der Waals surface area contributed by atoms with Gasteiger partial charge in [-0.05, 0) is 30.3 Å². The zero-order chi connectivity index (χ0) is 22.7. The molecule has 9 nitrogen and oxygen atoms in total. The van der Waals surface area contributed by atoms with Gasteiger partial charge in [0.15, 0.2) is 0 Å². The number of hydrogen-bond donors (Lipinski definition) is 1. The number of rotatable bonds is 3. The predicted molar refractivity (Wildman–Crippen MR) is 125 cm³/mol. The maximum Gasteiger partial charge on any atom is 0.258 e. The number of hydrogen-bond acceptors (Lipinski definition) is 5. The number of aromatic nitrogens is 6. The maximum atomic E-state index is 13.9. The molecule has 5 aromatic rings. The molecule has 1 atom stereocenters. The molecule has 10 heteroatoms. The Hall–Kier alpha value is -3.85. The first-order valence-corrected chi connectivity index (χ1v) is 11.0. The van der Waals surface area contributed by atoms with Gasteiger partial charge in [-0.2, -0.15) is 10.2 Å². The number of aromatic amines is 1. The second kappa shape index (κ2) is 7.35. The molecule has 0 aliphatic carbocycles. The number of fused-ring (bicyclic) bond motifs is 3. The summed E-state index contributed by atoms with van der Waals surface area (Å²) in [7, 11) is 3.94. The summed E-state index contributed by atoms with van der Waals surface area (Å²) in [6.45, 7) is 0.535. The van der Waals surface area contributed by atoms with E-state index >= 15 is 0 Å². The lowest BCUT2D eigenvalue weighted by atomic mass is 9.98. The summed E-state index contributed by atoms with van der Waals surface area (Å²) in [6, 6.07) is 11.1. The third kappa shape index (κ3) is 3.07. The van der Waals surface area contributed by atoms with Gasteiger partial charge in [0, 0.05) is 32.8 Å². The predicted octanol–water partition coefficient (Wildman–Crippen LogP) is 3.21. The second-order valence-electron chi connectivity index (χ2n) is 8.34. The van der Waals surface area contributed by atoms with Gasteiger partial charge >= 0.3 is 0 Å². The van der Waals surface area contributed by atoms with E-state index in [0.717, 1.165) is 33.8 Å². The molecule has 1 aliphatic heterocycles. The van der Waals surface area contributed by atoms with Crippen LogP contribution in [0.5, 0.6) is 0 Å². The van der Waals surface area contributed by atoms with Crippen LogP contribution in [-0.4, -0.2) is 60.6 Å². The summed E-state index contributed by atoms with van der Waals surface area (Å²) in [5, 5.41) is 9.68. The van der Waals surface area contributed by atoms with E-state index in [1.807, 2.05) is 60.4 Å². The molecule has 0 unspecified atom stereocenters. The fraction of sp³-hybridized carbons (Fsp3) is 0.217. The van der Waals surface area contributed by atoms with E-state index in [2.05, 4.69) is 15.1 Å². The molecule has 6 rings (SSSR count). The van der Waals surface area contributed by atoms with Crippen LogP contribution in [0.2, 0.25) is 5.15 Å². The van der Waals surface area contributed by atoms with Crippen LogP contribution in [0, 0.1) is 0 Å². The van der Waals surface area contributed by atoms with Crippen LogP contribution in [0.4, 0.5) is 5.69 Å². The summed E-state index contributed by atoms with van der Waals surface area (Å²) in [5.74, 6) is -0.107.